The molecule has 198 valence electrons. The van der Waals surface area contributed by atoms with Gasteiger partial charge in [-0.1, -0.05) is 48.0 Å². The van der Waals surface area contributed by atoms with E-state index in [1.54, 1.807) is 86.2 Å². The second-order valence-electron chi connectivity index (χ2n) is 8.78. The summed E-state index contributed by atoms with van der Waals surface area (Å²) in [5.41, 5.74) is 4.92. The predicted octanol–water partition coefficient (Wildman–Crippen LogP) is 3.49. The Kier molecular flexibility index (Phi) is 7.85. The van der Waals surface area contributed by atoms with Gasteiger partial charge in [-0.25, -0.2) is 14.9 Å². The molecule has 3 aromatic carbocycles. The Morgan fingerprint density at radius 3 is 2.18 bits per heavy atom. The fraction of sp³-hybridized carbons (Fsp3) is 0.138. The lowest BCUT2D eigenvalue weighted by Gasteiger charge is -2.10. The molecule has 2 N–H and O–H groups in total. The Balaban J connectivity index is 1.47. The molecule has 0 unspecified atom stereocenters. The van der Waals surface area contributed by atoms with Crippen LogP contribution in [0.3, 0.4) is 0 Å². The molecule has 10 nitrogen and oxygen atoms in total. The minimum Gasteiger partial charge on any atom is -0.422 e. The van der Waals surface area contributed by atoms with Crippen LogP contribution >= 0.6 is 0 Å². The zero-order chi connectivity index (χ0) is 28.1. The highest BCUT2D eigenvalue weighted by molar-refractivity contribution is 6.39. The normalized spacial score (nSPS) is 11.1. The van der Waals surface area contributed by atoms with E-state index >= 15 is 0 Å². The zero-order valence-electron chi connectivity index (χ0n) is 21.9. The molecule has 2 amide bonds. The smallest absolute Gasteiger partial charge is 0.343 e. The fourth-order valence-corrected chi connectivity index (χ4v) is 3.83. The molecule has 4 rings (SSSR count). The maximum absolute atomic E-state index is 13.0. The largest absolute Gasteiger partial charge is 0.422 e. The molecule has 1 aromatic heterocycles. The van der Waals surface area contributed by atoms with Crippen LogP contribution in [0.1, 0.15) is 34.1 Å². The summed E-state index contributed by atoms with van der Waals surface area (Å²) in [5.74, 6) is -2.43. The number of hydrogen-bond donors (Lipinski definition) is 2. The highest BCUT2D eigenvalue weighted by Crippen LogP contribution is 2.20. The van der Waals surface area contributed by atoms with Crippen LogP contribution in [-0.4, -0.2) is 32.9 Å². The van der Waals surface area contributed by atoms with Gasteiger partial charge in [0.05, 0.1) is 22.7 Å². The first-order chi connectivity index (χ1) is 18.7. The number of rotatable bonds is 6. The first kappa shape index (κ1) is 26.8. The highest BCUT2D eigenvalue weighted by atomic mass is 16.5. The molecule has 0 bridgehead atoms. The van der Waals surface area contributed by atoms with Gasteiger partial charge in [0.2, 0.25) is 0 Å². The van der Waals surface area contributed by atoms with Gasteiger partial charge in [0.25, 0.3) is 5.56 Å². The molecular formula is C29H27N5O5. The van der Waals surface area contributed by atoms with Crippen LogP contribution in [0.15, 0.2) is 88.8 Å². The molecule has 10 heteroatoms. The summed E-state index contributed by atoms with van der Waals surface area (Å²) in [6, 6.07) is 22.6. The Morgan fingerprint density at radius 2 is 1.49 bits per heavy atom. The number of nitrogens with zero attached hydrogens (tertiary/aromatic N) is 3. The van der Waals surface area contributed by atoms with Gasteiger partial charge < -0.3 is 10.1 Å². The number of hydrazone groups is 1. The molecule has 39 heavy (non-hydrogen) atoms. The summed E-state index contributed by atoms with van der Waals surface area (Å²) in [7, 11) is 1.68. The summed E-state index contributed by atoms with van der Waals surface area (Å²) >= 11 is 0. The number of ether oxygens (including phenoxy) is 1. The quantitative estimate of drug-likeness (QED) is 0.131. The van der Waals surface area contributed by atoms with E-state index in [1.807, 2.05) is 25.1 Å². The van der Waals surface area contributed by atoms with E-state index < -0.39 is 23.3 Å². The molecule has 0 spiro atoms. The van der Waals surface area contributed by atoms with Gasteiger partial charge >= 0.3 is 17.8 Å². The lowest BCUT2D eigenvalue weighted by molar-refractivity contribution is -0.136. The fourth-order valence-electron chi connectivity index (χ4n) is 3.83. The van der Waals surface area contributed by atoms with Crippen LogP contribution in [0.5, 0.6) is 5.75 Å². The lowest BCUT2D eigenvalue weighted by Crippen LogP contribution is -2.34. The van der Waals surface area contributed by atoms with E-state index in [0.717, 1.165) is 5.56 Å². The molecule has 0 aliphatic heterocycles. The number of para-hydroxylation sites is 2. The van der Waals surface area contributed by atoms with Gasteiger partial charge in [0.1, 0.15) is 11.4 Å². The molecule has 0 saturated heterocycles. The molecule has 0 fully saturated rings. The topological polar surface area (TPSA) is 124 Å². The summed E-state index contributed by atoms with van der Waals surface area (Å²) in [6.07, 6.45) is 0. The molecular weight excluding hydrogens is 498 g/mol. The van der Waals surface area contributed by atoms with Crippen molar-refractivity contribution >= 4 is 29.2 Å². The molecule has 0 aliphatic rings. The lowest BCUT2D eigenvalue weighted by atomic mass is 10.1. The van der Waals surface area contributed by atoms with Crippen molar-refractivity contribution < 1.29 is 19.1 Å². The van der Waals surface area contributed by atoms with Crippen LogP contribution in [0.2, 0.25) is 0 Å². The van der Waals surface area contributed by atoms with E-state index in [9.17, 15) is 19.2 Å². The van der Waals surface area contributed by atoms with Crippen molar-refractivity contribution in [3.63, 3.8) is 0 Å². The molecule has 1 heterocycles. The van der Waals surface area contributed by atoms with Crippen LogP contribution < -0.4 is 21.0 Å². The monoisotopic (exact) mass is 525 g/mol. The molecule has 0 atom stereocenters. The number of aryl methyl sites for hydroxylation is 1. The Hall–Kier alpha value is -5.25. The van der Waals surface area contributed by atoms with Gasteiger partial charge in [-0.05, 0) is 57.2 Å². The minimum atomic E-state index is -1.07. The summed E-state index contributed by atoms with van der Waals surface area (Å²) in [6.45, 7) is 5.17. The SMILES string of the molecule is C/C(=N\NC(=O)C(=O)Nc1c(C)n(C)n(-c2ccccc2)c1=O)c1ccccc1OC(=O)c1ccc(C)cc1. The third-order valence-corrected chi connectivity index (χ3v) is 6.09. The number of aromatic nitrogens is 2. The number of nitrogens with one attached hydrogen (secondary N) is 2. The predicted molar refractivity (Wildman–Crippen MR) is 147 cm³/mol. The van der Waals surface area contributed by atoms with Gasteiger partial charge in [0, 0.05) is 12.6 Å². The number of esters is 1. The Labute approximate surface area is 224 Å². The van der Waals surface area contributed by atoms with Crippen LogP contribution in [0.25, 0.3) is 5.69 Å². The van der Waals surface area contributed by atoms with Gasteiger partial charge in [-0.3, -0.25) is 19.1 Å². The van der Waals surface area contributed by atoms with Crippen LogP contribution in [-0.2, 0) is 16.6 Å². The van der Waals surface area contributed by atoms with E-state index in [2.05, 4.69) is 15.8 Å². The molecule has 0 saturated carbocycles. The first-order valence-corrected chi connectivity index (χ1v) is 12.0. The van der Waals surface area contributed by atoms with Gasteiger partial charge in [-0.15, -0.1) is 0 Å². The molecule has 0 aliphatic carbocycles. The summed E-state index contributed by atoms with van der Waals surface area (Å²) < 4.78 is 8.53. The molecule has 0 radical (unpaired) electrons. The number of anilines is 1. The Bertz CT molecular complexity index is 1630. The Morgan fingerprint density at radius 1 is 0.846 bits per heavy atom. The zero-order valence-corrected chi connectivity index (χ0v) is 21.9. The average Bonchev–Trinajstić information content (AvgIpc) is 3.15. The van der Waals surface area contributed by atoms with Crippen LogP contribution in [0.4, 0.5) is 5.69 Å². The number of amides is 2. The maximum Gasteiger partial charge on any atom is 0.343 e. The van der Waals surface area contributed by atoms with Crippen molar-refractivity contribution in [3.8, 4) is 11.4 Å². The number of carbonyl (C=O) groups is 3. The van der Waals surface area contributed by atoms with Gasteiger partial charge in [0.15, 0.2) is 0 Å². The maximum atomic E-state index is 13.0. The van der Waals surface area contributed by atoms with E-state index in [-0.39, 0.29) is 11.4 Å². The number of carbonyl (C=O) groups excluding carboxylic acids is 3. The van der Waals surface area contributed by atoms with Crippen molar-refractivity contribution in [2.75, 3.05) is 5.32 Å². The van der Waals surface area contributed by atoms with Crippen molar-refractivity contribution in [2.45, 2.75) is 20.8 Å². The summed E-state index contributed by atoms with van der Waals surface area (Å²) in [4.78, 5) is 50.7. The second kappa shape index (κ2) is 11.4. The second-order valence-corrected chi connectivity index (χ2v) is 8.78. The van der Waals surface area contributed by atoms with Crippen molar-refractivity contribution in [3.05, 3.63) is 112 Å². The average molecular weight is 526 g/mol. The number of benzene rings is 3. The minimum absolute atomic E-state index is 0.0180. The third-order valence-electron chi connectivity index (χ3n) is 6.09. The number of hydrogen-bond acceptors (Lipinski definition) is 6. The standard InChI is InChI=1S/C29H27N5O5/c1-18-14-16-21(17-15-18)29(38)39-24-13-9-8-12-23(24)19(2)31-32-27(36)26(35)30-25-20(3)33(4)34(28(25)37)22-10-6-5-7-11-22/h5-17H,1-4H3,(H,30,35)(H,32,36)/b31-19+. The van der Waals surface area contributed by atoms with Gasteiger partial charge in [-0.2, -0.15) is 5.10 Å². The highest BCUT2D eigenvalue weighted by Gasteiger charge is 2.22. The van der Waals surface area contributed by atoms with Crippen molar-refractivity contribution in [1.29, 1.82) is 0 Å². The van der Waals surface area contributed by atoms with E-state index in [1.165, 1.54) is 4.68 Å². The molecule has 4 aromatic rings. The van der Waals surface area contributed by atoms with E-state index in [4.69, 9.17) is 4.74 Å². The van der Waals surface area contributed by atoms with Crippen molar-refractivity contribution in [1.82, 2.24) is 14.8 Å². The van der Waals surface area contributed by atoms with Crippen LogP contribution in [0, 0.1) is 13.8 Å². The first-order valence-electron chi connectivity index (χ1n) is 12.0. The third kappa shape index (κ3) is 5.85. The summed E-state index contributed by atoms with van der Waals surface area (Å²) in [5, 5.41) is 6.39. The van der Waals surface area contributed by atoms with E-state index in [0.29, 0.717) is 28.2 Å². The van der Waals surface area contributed by atoms with Crippen molar-refractivity contribution in [2.24, 2.45) is 12.1 Å².